The third-order valence-electron chi connectivity index (χ3n) is 13.9. The first-order chi connectivity index (χ1) is 34.8. The Hall–Kier alpha value is -6.00. The number of rotatable bonds is 19. The molecule has 4 aromatic rings. The summed E-state index contributed by atoms with van der Waals surface area (Å²) < 4.78 is 67.5. The van der Waals surface area contributed by atoms with Gasteiger partial charge in [-0.3, -0.25) is 19.2 Å². The second-order valence-electron chi connectivity index (χ2n) is 20.4. The summed E-state index contributed by atoms with van der Waals surface area (Å²) >= 11 is 1.50. The van der Waals surface area contributed by atoms with E-state index in [0.29, 0.717) is 56.5 Å². The number of halogens is 4. The summed E-state index contributed by atoms with van der Waals surface area (Å²) in [5.41, 5.74) is 2.53. The van der Waals surface area contributed by atoms with Gasteiger partial charge in [-0.25, -0.2) is 9.37 Å². The van der Waals surface area contributed by atoms with Gasteiger partial charge in [0.25, 0.3) is 11.7 Å². The van der Waals surface area contributed by atoms with Gasteiger partial charge >= 0.3 is 6.18 Å². The molecule has 4 N–H and O–H groups in total. The number of aryl methyl sites for hydroxylation is 2. The molecule has 73 heavy (non-hydrogen) atoms. The fraction of sp³-hybridized carbons (Fsp3) is 0.569. The number of thiazole rings is 1. The maximum absolute atomic E-state index is 14.7. The van der Waals surface area contributed by atoms with Crippen LogP contribution in [-0.4, -0.2) is 134 Å². The number of likely N-dealkylation sites (tertiary alicyclic amines) is 2. The number of aliphatic hydroxyl groups is 1. The lowest BCUT2D eigenvalue weighted by atomic mass is 9.85. The van der Waals surface area contributed by atoms with Gasteiger partial charge in [-0.1, -0.05) is 57.2 Å². The molecule has 2 aromatic heterocycles. The molecular weight excluding hydrogens is 973 g/mol. The first-order valence-electron chi connectivity index (χ1n) is 25.0. The van der Waals surface area contributed by atoms with Crippen LogP contribution in [0.15, 0.2) is 59.1 Å². The Morgan fingerprint density at radius 2 is 1.64 bits per heavy atom. The number of unbranched alkanes of at least 4 members (excludes halogenated alkanes) is 1. The number of carbonyl (C=O) groups is 4. The molecule has 4 aliphatic rings. The number of hydrogen-bond donors (Lipinski definition) is 4. The first kappa shape index (κ1) is 53.3. The number of nitrogens with zero attached hydrogens (tertiary/aromatic N) is 7. The number of nitrogens with one attached hydrogen (secondary N) is 3. The number of fused-ring (bicyclic) bond motifs is 1. The summed E-state index contributed by atoms with van der Waals surface area (Å²) in [5, 5.41) is 30.4. The van der Waals surface area contributed by atoms with Gasteiger partial charge in [0.05, 0.1) is 47.9 Å². The fourth-order valence-electron chi connectivity index (χ4n) is 9.47. The van der Waals surface area contributed by atoms with Gasteiger partial charge in [-0.05, 0) is 85.6 Å². The smallest absolute Gasteiger partial charge is 0.453 e. The molecule has 0 bridgehead atoms. The number of benzene rings is 2. The number of ether oxygens (including phenoxy) is 2. The largest absolute Gasteiger partial charge is 0.494 e. The minimum Gasteiger partial charge on any atom is -0.494 e. The minimum atomic E-state index is -4.63. The number of amides is 4. The van der Waals surface area contributed by atoms with E-state index >= 15 is 0 Å². The Labute approximate surface area is 425 Å². The van der Waals surface area contributed by atoms with Crippen LogP contribution in [0.1, 0.15) is 119 Å². The van der Waals surface area contributed by atoms with Crippen LogP contribution >= 0.6 is 11.3 Å². The third kappa shape index (κ3) is 13.2. The van der Waals surface area contributed by atoms with E-state index in [1.54, 1.807) is 26.3 Å². The number of alkyl halides is 4. The molecule has 2 saturated heterocycles. The highest BCUT2D eigenvalue weighted by Gasteiger charge is 2.53. The van der Waals surface area contributed by atoms with Gasteiger partial charge in [-0.15, -0.1) is 21.5 Å². The van der Waals surface area contributed by atoms with Gasteiger partial charge in [-0.2, -0.15) is 22.9 Å². The van der Waals surface area contributed by atoms with E-state index in [-0.39, 0.29) is 57.1 Å². The summed E-state index contributed by atoms with van der Waals surface area (Å²) in [7, 11) is 0. The van der Waals surface area contributed by atoms with Crippen LogP contribution in [0.5, 0.6) is 5.75 Å². The standard InChI is InChI=1S/C51H64F4N10O7S/c1-31-43(73-30-57-31)35-9-7-34(8-10-35)38(58-45(68)39-27-36(66)29-64(39)46(69)44(49(2,3)4)59-48(70)50(52)19-20-50)28-42(67)56-21-26-71-24-5-6-25-72-37-13-11-32(12-14-37)33-17-22-63(23-18-33)41-16-15-40-60-61-47(51(53,54)55)65(40)62-41/h7-14,30,33,36,38-39,44,66H,5-6,15-29H2,1-4H3,(H,56,67)(H,58,68)(H,59,70)/t36-,38-,39?,44-/m1/s1. The van der Waals surface area contributed by atoms with Gasteiger partial charge in [0.2, 0.25) is 17.7 Å². The molecule has 17 nitrogen and oxygen atoms in total. The minimum absolute atomic E-state index is 0.0623. The molecule has 4 atom stereocenters. The van der Waals surface area contributed by atoms with Crippen LogP contribution in [0.25, 0.3) is 10.4 Å². The first-order valence-corrected chi connectivity index (χ1v) is 25.9. The van der Waals surface area contributed by atoms with E-state index in [4.69, 9.17) is 9.47 Å². The Morgan fingerprint density at radius 3 is 2.30 bits per heavy atom. The highest BCUT2D eigenvalue weighted by molar-refractivity contribution is 7.13. The number of β-amino-alcohol motifs (C(OH)–C–C–N with tert-alkyl or cyclic N) is 1. The Morgan fingerprint density at radius 1 is 0.932 bits per heavy atom. The van der Waals surface area contributed by atoms with Crippen molar-refractivity contribution in [2.24, 2.45) is 10.5 Å². The summed E-state index contributed by atoms with van der Waals surface area (Å²) in [4.78, 5) is 63.0. The molecule has 1 saturated carbocycles. The molecule has 3 fully saturated rings. The topological polar surface area (TPSA) is 206 Å². The predicted molar refractivity (Wildman–Crippen MR) is 263 cm³/mol. The number of hydrogen-bond acceptors (Lipinski definition) is 13. The molecule has 5 heterocycles. The summed E-state index contributed by atoms with van der Waals surface area (Å²) in [5.74, 6) is -1.59. The highest BCUT2D eigenvalue weighted by Crippen LogP contribution is 2.41. The van der Waals surface area contributed by atoms with Crippen LogP contribution in [0.4, 0.5) is 17.6 Å². The zero-order chi connectivity index (χ0) is 52.1. The van der Waals surface area contributed by atoms with Gasteiger partial charge in [0.1, 0.15) is 23.7 Å². The quantitative estimate of drug-likeness (QED) is 0.0611. The van der Waals surface area contributed by atoms with E-state index < -0.39 is 65.0 Å². The predicted octanol–water partition coefficient (Wildman–Crippen LogP) is 6.25. The average molecular weight is 1040 g/mol. The molecule has 0 spiro atoms. The highest BCUT2D eigenvalue weighted by atomic mass is 32.1. The second kappa shape index (κ2) is 22.6. The maximum Gasteiger partial charge on any atom is 0.453 e. The summed E-state index contributed by atoms with van der Waals surface area (Å²) in [6.07, 6.45) is -1.66. The van der Waals surface area contributed by atoms with Crippen molar-refractivity contribution in [2.45, 2.75) is 134 Å². The maximum atomic E-state index is 14.7. The molecule has 0 radical (unpaired) electrons. The van der Waals surface area contributed by atoms with E-state index in [1.165, 1.54) is 21.8 Å². The van der Waals surface area contributed by atoms with Gasteiger partial charge < -0.3 is 40.3 Å². The van der Waals surface area contributed by atoms with Crippen LogP contribution < -0.4 is 20.7 Å². The van der Waals surface area contributed by atoms with E-state index in [2.05, 4.69) is 53.3 Å². The summed E-state index contributed by atoms with van der Waals surface area (Å²) in [6.45, 7) is 9.76. The van der Waals surface area contributed by atoms with E-state index in [0.717, 1.165) is 52.2 Å². The Bertz CT molecular complexity index is 2610. The molecule has 1 unspecified atom stereocenters. The SMILES string of the molecule is Cc1ncsc1-c1ccc([C@@H](CC(=O)NCCOCCCCOc2ccc(C3CCN(C4=Nn5c(nnc5C(F)(F)F)CC4)CC3)cc2)NC(=O)C2C[C@@H](O)CN2C(=O)[C@@H](NC(=O)C2(F)CC2)C(C)(C)C)cc1. The van der Waals surface area contributed by atoms with Crippen molar-refractivity contribution in [1.29, 1.82) is 0 Å². The fourth-order valence-corrected chi connectivity index (χ4v) is 10.3. The van der Waals surface area contributed by atoms with Crippen molar-refractivity contribution < 1.29 is 51.3 Å². The van der Waals surface area contributed by atoms with Crippen molar-refractivity contribution >= 4 is 40.8 Å². The van der Waals surface area contributed by atoms with Crippen molar-refractivity contribution in [1.82, 2.24) is 45.6 Å². The Balaban J connectivity index is 0.768. The lowest BCUT2D eigenvalue weighted by molar-refractivity contribution is -0.147. The van der Waals surface area contributed by atoms with Crippen molar-refractivity contribution in [2.75, 3.05) is 46.0 Å². The Kier molecular flexibility index (Phi) is 16.5. The van der Waals surface area contributed by atoms with Gasteiger partial charge in [0, 0.05) is 52.0 Å². The zero-order valence-corrected chi connectivity index (χ0v) is 42.4. The van der Waals surface area contributed by atoms with Crippen LogP contribution in [0.2, 0.25) is 0 Å². The second-order valence-corrected chi connectivity index (χ2v) is 21.3. The monoisotopic (exact) mass is 1040 g/mol. The lowest BCUT2D eigenvalue weighted by Crippen LogP contribution is -2.59. The van der Waals surface area contributed by atoms with Crippen molar-refractivity contribution in [3.63, 3.8) is 0 Å². The molecule has 394 valence electrons. The third-order valence-corrected chi connectivity index (χ3v) is 14.8. The number of amidine groups is 1. The normalized spacial score (nSPS) is 19.7. The molecule has 22 heteroatoms. The molecule has 4 amide bonds. The molecule has 2 aromatic carbocycles. The molecular formula is C51H64F4N10O7S. The zero-order valence-electron chi connectivity index (χ0n) is 41.6. The van der Waals surface area contributed by atoms with Crippen molar-refractivity contribution in [3.8, 4) is 16.2 Å². The molecule has 1 aliphatic carbocycles. The van der Waals surface area contributed by atoms with Crippen LogP contribution in [0, 0.1) is 12.3 Å². The number of aliphatic hydroxyl groups excluding tert-OH is 1. The number of aromatic nitrogens is 4. The van der Waals surface area contributed by atoms with E-state index in [9.17, 15) is 41.8 Å². The number of piperidine rings is 1. The molecule has 8 rings (SSSR count). The van der Waals surface area contributed by atoms with Crippen molar-refractivity contribution in [3.05, 3.63) is 82.5 Å². The van der Waals surface area contributed by atoms with Crippen LogP contribution in [-0.2, 0) is 36.5 Å². The van der Waals surface area contributed by atoms with E-state index in [1.807, 2.05) is 43.3 Å². The molecule has 3 aliphatic heterocycles. The van der Waals surface area contributed by atoms with Gasteiger partial charge in [0.15, 0.2) is 11.5 Å². The summed E-state index contributed by atoms with van der Waals surface area (Å²) in [6, 6.07) is 12.4. The average Bonchev–Trinajstić information content (AvgIpc) is 3.63. The lowest BCUT2D eigenvalue weighted by Gasteiger charge is -2.36. The number of carbonyl (C=O) groups excluding carboxylic acids is 4. The van der Waals surface area contributed by atoms with Crippen LogP contribution in [0.3, 0.4) is 0 Å².